The third kappa shape index (κ3) is 13.6. The van der Waals surface area contributed by atoms with Crippen molar-refractivity contribution in [2.75, 3.05) is 23.0 Å². The van der Waals surface area contributed by atoms with Crippen molar-refractivity contribution in [3.05, 3.63) is 193 Å². The summed E-state index contributed by atoms with van der Waals surface area (Å²) >= 11 is 3.62. The van der Waals surface area contributed by atoms with Gasteiger partial charge < -0.3 is 24.0 Å². The Labute approximate surface area is 428 Å². The maximum absolute atomic E-state index is 12.5. The molecule has 8 rings (SSSR count). The molecule has 0 atom stereocenters. The van der Waals surface area contributed by atoms with Gasteiger partial charge in [-0.2, -0.15) is 0 Å². The largest absolute Gasteiger partial charge is 0.463 e. The minimum Gasteiger partial charge on any atom is -0.463 e. The zero-order valence-corrected chi connectivity index (χ0v) is 43.4. The van der Waals surface area contributed by atoms with Crippen LogP contribution < -0.4 is 9.80 Å². The molecule has 8 aromatic rings. The Morgan fingerprint density at radius 1 is 0.423 bits per heavy atom. The number of ether oxygens (including phenoxy) is 3. The van der Waals surface area contributed by atoms with Crippen molar-refractivity contribution in [2.24, 2.45) is 0 Å². The summed E-state index contributed by atoms with van der Waals surface area (Å²) in [7, 11) is 0. The van der Waals surface area contributed by atoms with Crippen molar-refractivity contribution < 1.29 is 23.8 Å². The molecule has 71 heavy (non-hydrogen) atoms. The van der Waals surface area contributed by atoms with Gasteiger partial charge in [-0.05, 0) is 173 Å². The summed E-state index contributed by atoms with van der Waals surface area (Å²) in [5.41, 5.74) is 10.2. The highest BCUT2D eigenvalue weighted by Gasteiger charge is 2.21. The highest BCUT2D eigenvalue weighted by molar-refractivity contribution is 7.25. The van der Waals surface area contributed by atoms with Crippen LogP contribution in [0.4, 0.5) is 34.1 Å². The molecule has 364 valence electrons. The lowest BCUT2D eigenvalue weighted by Crippen LogP contribution is -2.27. The number of thiophene rings is 2. The van der Waals surface area contributed by atoms with Crippen LogP contribution in [0.15, 0.2) is 182 Å². The van der Waals surface area contributed by atoms with Gasteiger partial charge in [0.15, 0.2) is 0 Å². The molecule has 0 fully saturated rings. The Morgan fingerprint density at radius 3 is 1.20 bits per heavy atom. The molecule has 0 radical (unpaired) electrons. The highest BCUT2D eigenvalue weighted by Crippen LogP contribution is 2.43. The van der Waals surface area contributed by atoms with Gasteiger partial charge in [0.25, 0.3) is 0 Å². The lowest BCUT2D eigenvalue weighted by molar-refractivity contribution is -0.156. The van der Waals surface area contributed by atoms with Crippen LogP contribution in [0.5, 0.6) is 0 Å². The van der Waals surface area contributed by atoms with Crippen LogP contribution >= 0.6 is 22.7 Å². The van der Waals surface area contributed by atoms with Gasteiger partial charge in [0.2, 0.25) is 0 Å². The van der Waals surface area contributed by atoms with Crippen LogP contribution in [0, 0.1) is 0 Å². The van der Waals surface area contributed by atoms with Crippen molar-refractivity contribution in [3.8, 4) is 30.6 Å². The Morgan fingerprint density at radius 2 is 0.789 bits per heavy atom. The van der Waals surface area contributed by atoms with Gasteiger partial charge in [-0.25, -0.2) is 0 Å². The maximum Gasteiger partial charge on any atom is 0.306 e. The van der Waals surface area contributed by atoms with Crippen LogP contribution in [0.3, 0.4) is 0 Å². The summed E-state index contributed by atoms with van der Waals surface area (Å²) in [5, 5.41) is 0. The second-order valence-electron chi connectivity index (χ2n) is 18.9. The average molecular weight is 981 g/mol. The number of hydrogen-bond donors (Lipinski definition) is 0. The third-order valence-corrected chi connectivity index (χ3v) is 15.3. The number of carbonyl (C=O) groups is 2. The Kier molecular flexibility index (Phi) is 16.7. The molecule has 0 bridgehead atoms. The molecule has 2 heterocycles. The standard InChI is InChI=1S/C62H64N2O5S2/c1-7-61(3,4)68-44-43-67-59(65)41-23-45-19-29-51(30-20-45)63(49-15-11-9-12-16-49)53-33-25-47(26-34-53)55-37-39-57(70-55)58-40-38-56(71-58)48-27-35-54(36-28-48)64(50-17-13-10-14-18-50)52-31-21-46(22-32-52)24-42-60(66)69-62(5,6)8-2/h9-22,25-40H,7-8,23-24,41-44H2,1-6H3. The molecule has 0 aliphatic heterocycles. The van der Waals surface area contributed by atoms with E-state index in [1.165, 1.54) is 30.6 Å². The van der Waals surface area contributed by atoms with E-state index in [4.69, 9.17) is 14.2 Å². The number of benzene rings is 6. The molecule has 0 aliphatic rings. The Balaban J connectivity index is 0.914. The number of para-hydroxylation sites is 2. The van der Waals surface area contributed by atoms with Gasteiger partial charge in [-0.15, -0.1) is 22.7 Å². The fraction of sp³-hybridized carbons (Fsp3) is 0.258. The molecule has 7 nitrogen and oxygen atoms in total. The summed E-state index contributed by atoms with van der Waals surface area (Å²) in [4.78, 5) is 34.4. The number of aryl methyl sites for hydroxylation is 2. The molecule has 0 aliphatic carbocycles. The zero-order chi connectivity index (χ0) is 49.8. The van der Waals surface area contributed by atoms with Crippen LogP contribution in [-0.2, 0) is 36.6 Å². The van der Waals surface area contributed by atoms with E-state index in [2.05, 4.69) is 187 Å². The number of anilines is 6. The summed E-state index contributed by atoms with van der Waals surface area (Å²) in [6, 6.07) is 64.2. The first-order valence-corrected chi connectivity index (χ1v) is 26.3. The lowest BCUT2D eigenvalue weighted by Gasteiger charge is -2.26. The van der Waals surface area contributed by atoms with Crippen molar-refractivity contribution in [1.29, 1.82) is 0 Å². The second kappa shape index (κ2) is 23.4. The molecular formula is C62H64N2O5S2. The molecule has 0 N–H and O–H groups in total. The van der Waals surface area contributed by atoms with Gasteiger partial charge in [0, 0.05) is 66.5 Å². The first-order chi connectivity index (χ1) is 34.4. The van der Waals surface area contributed by atoms with Crippen molar-refractivity contribution in [3.63, 3.8) is 0 Å². The van der Waals surface area contributed by atoms with Gasteiger partial charge in [-0.3, -0.25) is 9.59 Å². The summed E-state index contributed by atoms with van der Waals surface area (Å²) in [6.07, 6.45) is 3.59. The third-order valence-electron chi connectivity index (χ3n) is 12.9. The van der Waals surface area contributed by atoms with E-state index in [9.17, 15) is 9.59 Å². The van der Waals surface area contributed by atoms with Crippen LogP contribution in [0.1, 0.15) is 78.4 Å². The topological polar surface area (TPSA) is 68.3 Å². The van der Waals surface area contributed by atoms with Gasteiger partial charge in [0.1, 0.15) is 12.2 Å². The minimum absolute atomic E-state index is 0.164. The Bertz CT molecular complexity index is 2940. The number of carbonyl (C=O) groups excluding carboxylic acids is 2. The predicted octanol–water partition coefficient (Wildman–Crippen LogP) is 17.1. The molecule has 6 aromatic carbocycles. The van der Waals surface area contributed by atoms with Gasteiger partial charge >= 0.3 is 11.9 Å². The van der Waals surface area contributed by atoms with E-state index in [1.807, 2.05) is 69.4 Å². The van der Waals surface area contributed by atoms with E-state index < -0.39 is 5.60 Å². The summed E-state index contributed by atoms with van der Waals surface area (Å²) in [6.45, 7) is 12.8. The van der Waals surface area contributed by atoms with Gasteiger partial charge in [0.05, 0.1) is 12.2 Å². The van der Waals surface area contributed by atoms with Crippen LogP contribution in [0.25, 0.3) is 30.6 Å². The number of hydrogen-bond acceptors (Lipinski definition) is 9. The van der Waals surface area contributed by atoms with Crippen LogP contribution in [0.2, 0.25) is 0 Å². The van der Waals surface area contributed by atoms with E-state index in [-0.39, 0.29) is 24.1 Å². The maximum atomic E-state index is 12.5. The highest BCUT2D eigenvalue weighted by atomic mass is 32.1. The molecule has 2 aromatic heterocycles. The number of esters is 2. The van der Waals surface area contributed by atoms with Crippen LogP contribution in [-0.4, -0.2) is 36.4 Å². The number of nitrogens with zero attached hydrogens (tertiary/aromatic N) is 2. The van der Waals surface area contributed by atoms with Crippen molar-refractivity contribution in [2.45, 2.75) is 91.3 Å². The summed E-state index contributed by atoms with van der Waals surface area (Å²) in [5.74, 6) is -0.377. The van der Waals surface area contributed by atoms with E-state index in [0.29, 0.717) is 32.3 Å². The summed E-state index contributed by atoms with van der Waals surface area (Å²) < 4.78 is 16.9. The molecule has 9 heteroatoms. The molecule has 0 saturated heterocycles. The SMILES string of the molecule is CCC(C)(C)OCCOC(=O)CCc1ccc(N(c2ccccc2)c2ccc(-c3ccc(-c4ccc(-c5ccc(N(c6ccccc6)c6ccc(CCC(=O)OC(C)(C)CC)cc6)cc5)s4)s3)cc2)cc1. The van der Waals surface area contributed by atoms with Crippen molar-refractivity contribution >= 4 is 68.7 Å². The number of rotatable bonds is 22. The molecule has 0 amide bonds. The van der Waals surface area contributed by atoms with Crippen molar-refractivity contribution in [1.82, 2.24) is 0 Å². The lowest BCUT2D eigenvalue weighted by atomic mass is 10.1. The molecule has 0 saturated carbocycles. The molecule has 0 unspecified atom stereocenters. The predicted molar refractivity (Wildman–Crippen MR) is 296 cm³/mol. The average Bonchev–Trinajstić information content (AvgIpc) is 4.10. The normalized spacial score (nSPS) is 11.6. The molecular weight excluding hydrogens is 917 g/mol. The zero-order valence-electron chi connectivity index (χ0n) is 41.7. The first-order valence-electron chi connectivity index (χ1n) is 24.7. The monoisotopic (exact) mass is 980 g/mol. The Hall–Kier alpha value is -6.78. The van der Waals surface area contributed by atoms with E-state index in [0.717, 1.165) is 58.1 Å². The fourth-order valence-electron chi connectivity index (χ4n) is 8.04. The second-order valence-corrected chi connectivity index (χ2v) is 21.0. The first kappa shape index (κ1) is 50.6. The minimum atomic E-state index is -0.445. The van der Waals surface area contributed by atoms with E-state index >= 15 is 0 Å². The van der Waals surface area contributed by atoms with Gasteiger partial charge in [-0.1, -0.05) is 98.8 Å². The fourth-order valence-corrected chi connectivity index (χ4v) is 10.2. The quantitative estimate of drug-likeness (QED) is 0.0495. The smallest absolute Gasteiger partial charge is 0.306 e. The van der Waals surface area contributed by atoms with E-state index in [1.54, 1.807) is 0 Å². The molecule has 0 spiro atoms.